The Labute approximate surface area is 97.3 Å². The van der Waals surface area contributed by atoms with Crippen molar-refractivity contribution in [3.05, 3.63) is 34.9 Å². The number of carbonyl (C=O) groups excluding carboxylic acids is 1. The molecule has 1 aromatic carbocycles. The summed E-state index contributed by atoms with van der Waals surface area (Å²) in [5.74, 6) is 0.555. The van der Waals surface area contributed by atoms with Crippen molar-refractivity contribution in [2.75, 3.05) is 20.6 Å². The second-order valence-corrected chi connectivity index (χ2v) is 5.02. The predicted molar refractivity (Wildman–Crippen MR) is 65.9 cm³/mol. The number of hydrogen-bond donors (Lipinski definition) is 0. The standard InChI is InChI=1S/C14H19NO/c1-10-4-5-11-9-12(6-7-15(2)3)14(16)13(11)8-10/h4-5,8,12H,6-7,9H2,1-3H3/t12-/m1/s1. The molecular weight excluding hydrogens is 198 g/mol. The molecule has 16 heavy (non-hydrogen) atoms. The average molecular weight is 217 g/mol. The van der Waals surface area contributed by atoms with Crippen molar-refractivity contribution in [1.82, 2.24) is 4.90 Å². The van der Waals surface area contributed by atoms with Gasteiger partial charge in [-0.1, -0.05) is 17.7 Å². The van der Waals surface area contributed by atoms with E-state index in [4.69, 9.17) is 0 Å². The van der Waals surface area contributed by atoms with E-state index in [1.807, 2.05) is 13.0 Å². The molecule has 0 aliphatic heterocycles. The van der Waals surface area contributed by atoms with Gasteiger partial charge in [0.05, 0.1) is 0 Å². The fourth-order valence-electron chi connectivity index (χ4n) is 2.32. The van der Waals surface area contributed by atoms with Gasteiger partial charge in [0, 0.05) is 11.5 Å². The maximum absolute atomic E-state index is 12.1. The number of nitrogens with zero attached hydrogens (tertiary/aromatic N) is 1. The van der Waals surface area contributed by atoms with Crippen LogP contribution < -0.4 is 0 Å². The quantitative estimate of drug-likeness (QED) is 0.774. The van der Waals surface area contributed by atoms with Crippen molar-refractivity contribution in [2.45, 2.75) is 19.8 Å². The van der Waals surface area contributed by atoms with Crippen molar-refractivity contribution >= 4 is 5.78 Å². The summed E-state index contributed by atoms with van der Waals surface area (Å²) in [6.07, 6.45) is 1.90. The highest BCUT2D eigenvalue weighted by molar-refractivity contribution is 6.02. The molecule has 2 rings (SSSR count). The summed E-state index contributed by atoms with van der Waals surface area (Å²) in [5, 5.41) is 0. The van der Waals surface area contributed by atoms with Crippen molar-refractivity contribution in [3.63, 3.8) is 0 Å². The monoisotopic (exact) mass is 217 g/mol. The smallest absolute Gasteiger partial charge is 0.166 e. The summed E-state index contributed by atoms with van der Waals surface area (Å²) in [6, 6.07) is 6.24. The van der Waals surface area contributed by atoms with Crippen LogP contribution in [0.2, 0.25) is 0 Å². The fraction of sp³-hybridized carbons (Fsp3) is 0.500. The normalized spacial score (nSPS) is 19.2. The Balaban J connectivity index is 2.12. The van der Waals surface area contributed by atoms with E-state index in [1.165, 1.54) is 11.1 Å². The van der Waals surface area contributed by atoms with Crippen molar-refractivity contribution in [1.29, 1.82) is 0 Å². The zero-order valence-corrected chi connectivity index (χ0v) is 10.3. The Kier molecular flexibility index (Phi) is 3.10. The number of Topliss-reactive ketones (excluding diaryl/α,β-unsaturated/α-hetero) is 1. The minimum absolute atomic E-state index is 0.208. The lowest BCUT2D eigenvalue weighted by Crippen LogP contribution is -2.19. The molecule has 1 aliphatic rings. The molecular formula is C14H19NO. The first-order chi connectivity index (χ1) is 7.58. The van der Waals surface area contributed by atoms with Crippen LogP contribution in [-0.4, -0.2) is 31.3 Å². The Hall–Kier alpha value is -1.15. The van der Waals surface area contributed by atoms with Gasteiger partial charge in [-0.15, -0.1) is 0 Å². The largest absolute Gasteiger partial charge is 0.309 e. The molecule has 0 spiro atoms. The number of fused-ring (bicyclic) bond motifs is 1. The van der Waals surface area contributed by atoms with Crippen LogP contribution >= 0.6 is 0 Å². The minimum atomic E-state index is 0.208. The Morgan fingerprint density at radius 2 is 2.12 bits per heavy atom. The first kappa shape index (κ1) is 11.3. The number of rotatable bonds is 3. The molecule has 1 atom stereocenters. The van der Waals surface area contributed by atoms with Crippen LogP contribution in [0.25, 0.3) is 0 Å². The molecule has 86 valence electrons. The first-order valence-electron chi connectivity index (χ1n) is 5.86. The highest BCUT2D eigenvalue weighted by Crippen LogP contribution is 2.29. The summed E-state index contributed by atoms with van der Waals surface area (Å²) in [4.78, 5) is 14.3. The molecule has 0 heterocycles. The van der Waals surface area contributed by atoms with E-state index in [9.17, 15) is 4.79 Å². The van der Waals surface area contributed by atoms with Gasteiger partial charge in [0.1, 0.15) is 0 Å². The molecule has 1 aliphatic carbocycles. The Morgan fingerprint density at radius 3 is 2.81 bits per heavy atom. The molecule has 0 saturated carbocycles. The molecule has 0 saturated heterocycles. The van der Waals surface area contributed by atoms with E-state index in [1.54, 1.807) is 0 Å². The molecule has 2 nitrogen and oxygen atoms in total. The minimum Gasteiger partial charge on any atom is -0.309 e. The fourth-order valence-corrected chi connectivity index (χ4v) is 2.32. The molecule has 0 unspecified atom stereocenters. The summed E-state index contributed by atoms with van der Waals surface area (Å²) < 4.78 is 0. The van der Waals surface area contributed by atoms with Crippen LogP contribution in [0.1, 0.15) is 27.9 Å². The van der Waals surface area contributed by atoms with Crippen LogP contribution in [0, 0.1) is 12.8 Å². The number of carbonyl (C=O) groups is 1. The van der Waals surface area contributed by atoms with Gasteiger partial charge in [-0.05, 0) is 52.0 Å². The van der Waals surface area contributed by atoms with Crippen LogP contribution in [0.4, 0.5) is 0 Å². The summed E-state index contributed by atoms with van der Waals surface area (Å²) >= 11 is 0. The number of ketones is 1. The second kappa shape index (κ2) is 4.38. The molecule has 0 amide bonds. The first-order valence-corrected chi connectivity index (χ1v) is 5.86. The topological polar surface area (TPSA) is 20.3 Å². The SMILES string of the molecule is Cc1ccc2c(c1)C(=O)[C@H](CCN(C)C)C2. The van der Waals surface area contributed by atoms with Crippen LogP contribution in [0.3, 0.4) is 0 Å². The van der Waals surface area contributed by atoms with Crippen molar-refractivity contribution in [3.8, 4) is 0 Å². The van der Waals surface area contributed by atoms with Gasteiger partial charge in [0.25, 0.3) is 0 Å². The van der Waals surface area contributed by atoms with E-state index in [0.29, 0.717) is 5.78 Å². The van der Waals surface area contributed by atoms with Crippen molar-refractivity contribution < 1.29 is 4.79 Å². The maximum atomic E-state index is 12.1. The number of hydrogen-bond acceptors (Lipinski definition) is 2. The highest BCUT2D eigenvalue weighted by Gasteiger charge is 2.29. The lowest BCUT2D eigenvalue weighted by molar-refractivity contribution is 0.0925. The van der Waals surface area contributed by atoms with E-state index in [2.05, 4.69) is 31.1 Å². The summed E-state index contributed by atoms with van der Waals surface area (Å²) in [6.45, 7) is 3.03. The zero-order chi connectivity index (χ0) is 11.7. The highest BCUT2D eigenvalue weighted by atomic mass is 16.1. The molecule has 2 heteroatoms. The van der Waals surface area contributed by atoms with Gasteiger partial charge in [0.2, 0.25) is 0 Å². The van der Waals surface area contributed by atoms with Crippen molar-refractivity contribution in [2.24, 2.45) is 5.92 Å². The van der Waals surface area contributed by atoms with Gasteiger partial charge in [-0.2, -0.15) is 0 Å². The third kappa shape index (κ3) is 2.17. The van der Waals surface area contributed by atoms with Crippen LogP contribution in [-0.2, 0) is 6.42 Å². The summed E-state index contributed by atoms with van der Waals surface area (Å²) in [7, 11) is 4.10. The zero-order valence-electron chi connectivity index (χ0n) is 10.3. The van der Waals surface area contributed by atoms with E-state index in [0.717, 1.165) is 24.9 Å². The molecule has 0 aromatic heterocycles. The Bertz CT molecular complexity index is 409. The maximum Gasteiger partial charge on any atom is 0.166 e. The predicted octanol–water partition coefficient (Wildman–Crippen LogP) is 2.30. The lowest BCUT2D eigenvalue weighted by Gasteiger charge is -2.12. The average Bonchev–Trinajstić information content (AvgIpc) is 2.53. The molecule has 0 radical (unpaired) electrons. The number of aryl methyl sites for hydroxylation is 1. The summed E-state index contributed by atoms with van der Waals surface area (Å²) in [5.41, 5.74) is 3.38. The van der Waals surface area contributed by atoms with Gasteiger partial charge >= 0.3 is 0 Å². The molecule has 0 bridgehead atoms. The van der Waals surface area contributed by atoms with Crippen LogP contribution in [0.5, 0.6) is 0 Å². The number of benzene rings is 1. The van der Waals surface area contributed by atoms with E-state index in [-0.39, 0.29) is 5.92 Å². The van der Waals surface area contributed by atoms with Crippen LogP contribution in [0.15, 0.2) is 18.2 Å². The van der Waals surface area contributed by atoms with Gasteiger partial charge in [0.15, 0.2) is 5.78 Å². The Morgan fingerprint density at radius 1 is 1.38 bits per heavy atom. The molecule has 1 aromatic rings. The molecule has 0 fully saturated rings. The van der Waals surface area contributed by atoms with Gasteiger partial charge in [-0.25, -0.2) is 0 Å². The van der Waals surface area contributed by atoms with E-state index >= 15 is 0 Å². The second-order valence-electron chi connectivity index (χ2n) is 5.02. The third-order valence-corrected chi connectivity index (χ3v) is 3.29. The van der Waals surface area contributed by atoms with Gasteiger partial charge < -0.3 is 4.90 Å². The van der Waals surface area contributed by atoms with Gasteiger partial charge in [-0.3, -0.25) is 4.79 Å². The lowest BCUT2D eigenvalue weighted by atomic mass is 10.0. The third-order valence-electron chi connectivity index (χ3n) is 3.29. The van der Waals surface area contributed by atoms with E-state index < -0.39 is 0 Å². The molecule has 0 N–H and O–H groups in total.